The predicted octanol–water partition coefficient (Wildman–Crippen LogP) is 3.17. The second-order valence-electron chi connectivity index (χ2n) is 6.95. The quantitative estimate of drug-likeness (QED) is 0.488. The Balaban J connectivity index is 1.66. The van der Waals surface area contributed by atoms with Crippen molar-refractivity contribution in [2.75, 3.05) is 12.4 Å². The molecule has 4 aromatic rings. The molecule has 0 amide bonds. The van der Waals surface area contributed by atoms with Gasteiger partial charge < -0.3 is 20.1 Å². The van der Waals surface area contributed by atoms with E-state index < -0.39 is 5.97 Å². The van der Waals surface area contributed by atoms with Crippen molar-refractivity contribution in [1.29, 1.82) is 0 Å². The fourth-order valence-corrected chi connectivity index (χ4v) is 3.49. The maximum absolute atomic E-state index is 11.5. The van der Waals surface area contributed by atoms with E-state index in [0.29, 0.717) is 22.9 Å². The van der Waals surface area contributed by atoms with Crippen LogP contribution in [-0.2, 0) is 7.05 Å². The zero-order chi connectivity index (χ0) is 19.4. The average molecular weight is 378 g/mol. The van der Waals surface area contributed by atoms with E-state index >= 15 is 0 Å². The van der Waals surface area contributed by atoms with Gasteiger partial charge in [0, 0.05) is 29.9 Å². The van der Waals surface area contributed by atoms with Crippen LogP contribution in [0.5, 0.6) is 5.75 Å². The summed E-state index contributed by atoms with van der Waals surface area (Å²) in [5.41, 5.74) is 2.44. The second-order valence-corrected chi connectivity index (χ2v) is 6.95. The van der Waals surface area contributed by atoms with Gasteiger partial charge in [0.1, 0.15) is 34.9 Å². The minimum absolute atomic E-state index is 0.0877. The number of fused-ring (bicyclic) bond motifs is 3. The first kappa shape index (κ1) is 16.5. The van der Waals surface area contributed by atoms with E-state index in [1.807, 2.05) is 13.1 Å². The van der Waals surface area contributed by atoms with Crippen molar-refractivity contribution in [2.24, 2.45) is 7.05 Å². The zero-order valence-corrected chi connectivity index (χ0v) is 15.4. The van der Waals surface area contributed by atoms with Crippen molar-refractivity contribution in [2.45, 2.75) is 18.8 Å². The number of methoxy groups -OCH3 is 1. The van der Waals surface area contributed by atoms with Gasteiger partial charge in [-0.05, 0) is 25.0 Å². The summed E-state index contributed by atoms with van der Waals surface area (Å²) in [6, 6.07) is 5.30. The number of aromatic amines is 1. The van der Waals surface area contributed by atoms with Crippen molar-refractivity contribution in [1.82, 2.24) is 24.7 Å². The number of aryl methyl sites for hydroxylation is 1. The molecule has 28 heavy (non-hydrogen) atoms. The van der Waals surface area contributed by atoms with E-state index in [0.717, 1.165) is 22.3 Å². The van der Waals surface area contributed by atoms with Crippen molar-refractivity contribution < 1.29 is 14.6 Å². The molecular formula is C19H18N6O3. The van der Waals surface area contributed by atoms with Crippen molar-refractivity contribution >= 4 is 39.5 Å². The van der Waals surface area contributed by atoms with Crippen LogP contribution >= 0.6 is 0 Å². The van der Waals surface area contributed by atoms with Crippen molar-refractivity contribution in [3.8, 4) is 5.75 Å². The van der Waals surface area contributed by atoms with Crippen LogP contribution in [0.2, 0.25) is 0 Å². The molecule has 0 spiro atoms. The van der Waals surface area contributed by atoms with E-state index in [9.17, 15) is 9.90 Å². The molecule has 1 aliphatic carbocycles. The van der Waals surface area contributed by atoms with Crippen LogP contribution in [0, 0.1) is 0 Å². The third-order valence-electron chi connectivity index (χ3n) is 5.08. The monoisotopic (exact) mass is 378 g/mol. The molecule has 0 saturated heterocycles. The van der Waals surface area contributed by atoms with E-state index in [-0.39, 0.29) is 11.3 Å². The molecule has 0 radical (unpaired) electrons. The smallest absolute Gasteiger partial charge is 0.339 e. The van der Waals surface area contributed by atoms with Crippen LogP contribution in [0.1, 0.15) is 34.8 Å². The zero-order valence-electron chi connectivity index (χ0n) is 15.4. The molecule has 0 unspecified atom stereocenters. The first-order valence-corrected chi connectivity index (χ1v) is 8.94. The number of nitrogens with one attached hydrogen (secondary N) is 2. The average Bonchev–Trinajstić information content (AvgIpc) is 3.37. The number of hydrogen-bond acceptors (Lipinski definition) is 6. The highest BCUT2D eigenvalue weighted by molar-refractivity contribution is 6.13. The van der Waals surface area contributed by atoms with Crippen molar-refractivity contribution in [3.63, 3.8) is 0 Å². The molecule has 5 rings (SSSR count). The molecule has 1 fully saturated rings. The van der Waals surface area contributed by atoms with Crippen LogP contribution in [0.25, 0.3) is 21.9 Å². The van der Waals surface area contributed by atoms with Gasteiger partial charge >= 0.3 is 5.97 Å². The van der Waals surface area contributed by atoms with Gasteiger partial charge in [-0.2, -0.15) is 5.10 Å². The molecule has 1 aliphatic rings. The van der Waals surface area contributed by atoms with Gasteiger partial charge in [0.2, 0.25) is 0 Å². The van der Waals surface area contributed by atoms with Crippen LogP contribution in [0.15, 0.2) is 24.5 Å². The van der Waals surface area contributed by atoms with Gasteiger partial charge in [-0.15, -0.1) is 0 Å². The molecule has 0 aliphatic heterocycles. The molecule has 0 bridgehead atoms. The number of carboxylic acid groups (broad SMARTS) is 1. The minimum Gasteiger partial charge on any atom is -0.496 e. The highest BCUT2D eigenvalue weighted by atomic mass is 16.5. The number of carboxylic acids is 1. The lowest BCUT2D eigenvalue weighted by molar-refractivity contribution is 0.0693. The Morgan fingerprint density at radius 3 is 2.86 bits per heavy atom. The van der Waals surface area contributed by atoms with Gasteiger partial charge in [-0.25, -0.2) is 14.8 Å². The first-order valence-electron chi connectivity index (χ1n) is 8.94. The fraction of sp³-hybridized carbons (Fsp3) is 0.263. The summed E-state index contributed by atoms with van der Waals surface area (Å²) in [6.07, 6.45) is 3.83. The third kappa shape index (κ3) is 2.55. The number of anilines is 2. The lowest BCUT2D eigenvalue weighted by Crippen LogP contribution is -2.01. The summed E-state index contributed by atoms with van der Waals surface area (Å²) in [7, 11) is 3.34. The van der Waals surface area contributed by atoms with Crippen LogP contribution in [0.4, 0.5) is 11.6 Å². The molecule has 1 saturated carbocycles. The van der Waals surface area contributed by atoms with Crippen LogP contribution in [-0.4, -0.2) is 42.9 Å². The minimum atomic E-state index is -1.05. The Hall–Kier alpha value is -3.62. The predicted molar refractivity (Wildman–Crippen MR) is 103 cm³/mol. The first-order chi connectivity index (χ1) is 13.5. The summed E-state index contributed by atoms with van der Waals surface area (Å²) in [5.74, 6) is 1.24. The Labute approximate surface area is 159 Å². The third-order valence-corrected chi connectivity index (χ3v) is 5.08. The molecule has 3 heterocycles. The molecule has 3 aromatic heterocycles. The molecular weight excluding hydrogens is 360 g/mol. The van der Waals surface area contributed by atoms with Gasteiger partial charge in [-0.3, -0.25) is 4.68 Å². The highest BCUT2D eigenvalue weighted by Gasteiger charge is 2.27. The molecule has 9 heteroatoms. The number of H-pyrrole nitrogens is 1. The summed E-state index contributed by atoms with van der Waals surface area (Å²) >= 11 is 0. The molecule has 9 nitrogen and oxygen atoms in total. The highest BCUT2D eigenvalue weighted by Crippen LogP contribution is 2.40. The van der Waals surface area contributed by atoms with E-state index in [1.54, 1.807) is 16.8 Å². The lowest BCUT2D eigenvalue weighted by Gasteiger charge is -2.08. The van der Waals surface area contributed by atoms with E-state index in [4.69, 9.17) is 4.74 Å². The summed E-state index contributed by atoms with van der Waals surface area (Å²) in [6.45, 7) is 0. The van der Waals surface area contributed by atoms with Gasteiger partial charge in [0.25, 0.3) is 0 Å². The van der Waals surface area contributed by atoms with E-state index in [1.165, 1.54) is 26.3 Å². The second kappa shape index (κ2) is 5.95. The molecule has 142 valence electrons. The maximum atomic E-state index is 11.5. The number of rotatable bonds is 5. The Bertz CT molecular complexity index is 1240. The van der Waals surface area contributed by atoms with Crippen molar-refractivity contribution in [3.05, 3.63) is 35.8 Å². The normalized spacial score (nSPS) is 13.9. The number of aromatic nitrogens is 5. The van der Waals surface area contributed by atoms with Gasteiger partial charge in [0.05, 0.1) is 18.2 Å². The molecule has 3 N–H and O–H groups in total. The van der Waals surface area contributed by atoms with Crippen LogP contribution in [0.3, 0.4) is 0 Å². The maximum Gasteiger partial charge on any atom is 0.339 e. The number of hydrogen-bond donors (Lipinski definition) is 3. The Morgan fingerprint density at radius 2 is 2.14 bits per heavy atom. The standard InChI is InChI=1S/C19H18N6O3/c1-25-15(7-12(24-25)9-3-4-9)23-18-16-10-6-14(28-2)11(19(26)27)5-13(10)22-17(16)20-8-21-18/h5-9H,3-4H2,1-2H3,(H,26,27)(H2,20,21,22,23). The molecule has 0 atom stereocenters. The number of carbonyl (C=O) groups is 1. The summed E-state index contributed by atoms with van der Waals surface area (Å²) in [4.78, 5) is 23.4. The molecule has 1 aromatic carbocycles. The topological polar surface area (TPSA) is 118 Å². The van der Waals surface area contributed by atoms with Gasteiger partial charge in [0.15, 0.2) is 0 Å². The number of aromatic carboxylic acids is 1. The largest absolute Gasteiger partial charge is 0.496 e. The van der Waals surface area contributed by atoms with Gasteiger partial charge in [-0.1, -0.05) is 0 Å². The summed E-state index contributed by atoms with van der Waals surface area (Å²) in [5, 5.41) is 18.9. The Kier molecular flexibility index (Phi) is 3.51. The Morgan fingerprint density at radius 1 is 1.32 bits per heavy atom. The number of nitrogens with zero attached hydrogens (tertiary/aromatic N) is 4. The SMILES string of the molecule is COc1cc2c(cc1C(=O)O)[nH]c1ncnc(Nc3cc(C4CC4)nn3C)c12. The van der Waals surface area contributed by atoms with E-state index in [2.05, 4.69) is 25.4 Å². The van der Waals surface area contributed by atoms with Crippen LogP contribution < -0.4 is 10.1 Å². The number of ether oxygens (including phenoxy) is 1. The summed E-state index contributed by atoms with van der Waals surface area (Å²) < 4.78 is 7.08. The fourth-order valence-electron chi connectivity index (χ4n) is 3.49. The lowest BCUT2D eigenvalue weighted by atomic mass is 10.1. The number of benzene rings is 1.